The zero-order valence-corrected chi connectivity index (χ0v) is 13.8. The molecule has 0 bridgehead atoms. The molecule has 4 aromatic rings. The van der Waals surface area contributed by atoms with Crippen molar-refractivity contribution in [2.24, 2.45) is 0 Å². The first kappa shape index (κ1) is 15.9. The molecule has 0 atom stereocenters. The Morgan fingerprint density at radius 3 is 3.00 bits per heavy atom. The predicted molar refractivity (Wildman–Crippen MR) is 93.9 cm³/mol. The van der Waals surface area contributed by atoms with Crippen LogP contribution in [-0.4, -0.2) is 47.2 Å². The SMILES string of the molecule is O=C(Cn1cnc2ccncc21)NCCc1nc(-c2cccnc2)n[nH]1. The molecule has 0 aliphatic carbocycles. The van der Waals surface area contributed by atoms with Gasteiger partial charge in [0.25, 0.3) is 0 Å². The van der Waals surface area contributed by atoms with Crippen molar-refractivity contribution in [3.05, 3.63) is 55.1 Å². The molecular formula is C17H16N8O. The van der Waals surface area contributed by atoms with E-state index in [4.69, 9.17) is 0 Å². The number of imidazole rings is 1. The number of amides is 1. The number of fused-ring (bicyclic) bond motifs is 1. The summed E-state index contributed by atoms with van der Waals surface area (Å²) in [4.78, 5) is 28.9. The van der Waals surface area contributed by atoms with Crippen LogP contribution in [0.3, 0.4) is 0 Å². The molecule has 0 fully saturated rings. The molecule has 4 aromatic heterocycles. The molecule has 0 radical (unpaired) electrons. The number of carbonyl (C=O) groups excluding carboxylic acids is 1. The molecule has 0 aliphatic heterocycles. The normalized spacial score (nSPS) is 10.9. The quantitative estimate of drug-likeness (QED) is 0.537. The maximum atomic E-state index is 12.1. The summed E-state index contributed by atoms with van der Waals surface area (Å²) in [5.41, 5.74) is 2.50. The number of carbonyl (C=O) groups is 1. The minimum Gasteiger partial charge on any atom is -0.354 e. The van der Waals surface area contributed by atoms with Crippen molar-refractivity contribution in [3.8, 4) is 11.4 Å². The van der Waals surface area contributed by atoms with Gasteiger partial charge in [-0.05, 0) is 18.2 Å². The monoisotopic (exact) mass is 348 g/mol. The van der Waals surface area contributed by atoms with Crippen molar-refractivity contribution in [2.45, 2.75) is 13.0 Å². The Morgan fingerprint density at radius 1 is 1.19 bits per heavy atom. The first-order valence-electron chi connectivity index (χ1n) is 8.13. The van der Waals surface area contributed by atoms with Crippen molar-refractivity contribution in [1.82, 2.24) is 40.0 Å². The summed E-state index contributed by atoms with van der Waals surface area (Å²) in [5, 5.41) is 9.93. The lowest BCUT2D eigenvalue weighted by atomic mass is 10.3. The molecule has 9 heteroatoms. The molecule has 0 spiro atoms. The van der Waals surface area contributed by atoms with Gasteiger partial charge in [-0.3, -0.25) is 19.9 Å². The summed E-state index contributed by atoms with van der Waals surface area (Å²) in [6, 6.07) is 5.54. The van der Waals surface area contributed by atoms with Crippen LogP contribution in [0.4, 0.5) is 0 Å². The minimum absolute atomic E-state index is 0.0971. The average Bonchev–Trinajstić information content (AvgIpc) is 3.30. The first-order chi connectivity index (χ1) is 12.8. The number of rotatable bonds is 6. The minimum atomic E-state index is -0.0971. The van der Waals surface area contributed by atoms with Gasteiger partial charge in [-0.2, -0.15) is 5.10 Å². The molecule has 130 valence electrons. The van der Waals surface area contributed by atoms with Gasteiger partial charge in [-0.15, -0.1) is 0 Å². The maximum Gasteiger partial charge on any atom is 0.240 e. The Morgan fingerprint density at radius 2 is 2.12 bits per heavy atom. The Kier molecular flexibility index (Phi) is 4.33. The third-order valence-electron chi connectivity index (χ3n) is 3.87. The number of pyridine rings is 2. The van der Waals surface area contributed by atoms with E-state index in [2.05, 4.69) is 35.5 Å². The number of aromatic nitrogens is 7. The van der Waals surface area contributed by atoms with Crippen LogP contribution in [0.1, 0.15) is 5.82 Å². The number of hydrogen-bond acceptors (Lipinski definition) is 6. The van der Waals surface area contributed by atoms with E-state index < -0.39 is 0 Å². The lowest BCUT2D eigenvalue weighted by Gasteiger charge is -2.05. The molecule has 0 saturated carbocycles. The molecule has 26 heavy (non-hydrogen) atoms. The Labute approximate surface area is 148 Å². The summed E-state index contributed by atoms with van der Waals surface area (Å²) >= 11 is 0. The predicted octanol–water partition coefficient (Wildman–Crippen LogP) is 0.970. The first-order valence-corrected chi connectivity index (χ1v) is 8.13. The molecule has 9 nitrogen and oxygen atoms in total. The highest BCUT2D eigenvalue weighted by atomic mass is 16.1. The van der Waals surface area contributed by atoms with Crippen LogP contribution in [0.2, 0.25) is 0 Å². The highest BCUT2D eigenvalue weighted by Crippen LogP contribution is 2.12. The molecule has 0 saturated heterocycles. The molecule has 4 heterocycles. The largest absolute Gasteiger partial charge is 0.354 e. The van der Waals surface area contributed by atoms with Crippen molar-refractivity contribution in [1.29, 1.82) is 0 Å². The Balaban J connectivity index is 1.31. The van der Waals surface area contributed by atoms with Crippen LogP contribution in [-0.2, 0) is 17.8 Å². The maximum absolute atomic E-state index is 12.1. The summed E-state index contributed by atoms with van der Waals surface area (Å²) in [6.07, 6.45) is 8.99. The topological polar surface area (TPSA) is 114 Å². The van der Waals surface area contributed by atoms with Crippen LogP contribution in [0.25, 0.3) is 22.4 Å². The summed E-state index contributed by atoms with van der Waals surface area (Å²) < 4.78 is 1.77. The summed E-state index contributed by atoms with van der Waals surface area (Å²) in [6.45, 7) is 0.658. The van der Waals surface area contributed by atoms with E-state index in [0.29, 0.717) is 24.6 Å². The zero-order valence-electron chi connectivity index (χ0n) is 13.8. The molecule has 0 aromatic carbocycles. The van der Waals surface area contributed by atoms with Gasteiger partial charge >= 0.3 is 0 Å². The summed E-state index contributed by atoms with van der Waals surface area (Å²) in [7, 11) is 0. The van der Waals surface area contributed by atoms with E-state index in [1.165, 1.54) is 0 Å². The van der Waals surface area contributed by atoms with Gasteiger partial charge in [0.05, 0.1) is 23.6 Å². The van der Waals surface area contributed by atoms with Crippen molar-refractivity contribution in [3.63, 3.8) is 0 Å². The van der Waals surface area contributed by atoms with Crippen LogP contribution in [0, 0.1) is 0 Å². The van der Waals surface area contributed by atoms with E-state index in [-0.39, 0.29) is 12.5 Å². The highest BCUT2D eigenvalue weighted by molar-refractivity contribution is 5.79. The third kappa shape index (κ3) is 3.41. The van der Waals surface area contributed by atoms with Crippen molar-refractivity contribution < 1.29 is 4.79 Å². The third-order valence-corrected chi connectivity index (χ3v) is 3.87. The second-order valence-electron chi connectivity index (χ2n) is 5.68. The molecule has 1 amide bonds. The number of aromatic amines is 1. The summed E-state index contributed by atoms with van der Waals surface area (Å²) in [5.74, 6) is 1.21. The van der Waals surface area contributed by atoms with Crippen LogP contribution in [0.5, 0.6) is 0 Å². The van der Waals surface area contributed by atoms with Crippen LogP contribution >= 0.6 is 0 Å². The number of nitrogens with one attached hydrogen (secondary N) is 2. The number of hydrogen-bond donors (Lipinski definition) is 2. The lowest BCUT2D eigenvalue weighted by molar-refractivity contribution is -0.121. The van der Waals surface area contributed by atoms with Crippen LogP contribution in [0.15, 0.2) is 49.3 Å². The van der Waals surface area contributed by atoms with E-state index in [9.17, 15) is 4.79 Å². The Hall–Kier alpha value is -3.62. The van der Waals surface area contributed by atoms with Crippen molar-refractivity contribution in [2.75, 3.05) is 6.54 Å². The molecular weight excluding hydrogens is 332 g/mol. The van der Waals surface area contributed by atoms with Gasteiger partial charge < -0.3 is 9.88 Å². The van der Waals surface area contributed by atoms with Crippen LogP contribution < -0.4 is 5.32 Å². The Bertz CT molecular complexity index is 1020. The fourth-order valence-electron chi connectivity index (χ4n) is 2.59. The molecule has 2 N–H and O–H groups in total. The molecule has 0 aliphatic rings. The van der Waals surface area contributed by atoms with E-state index in [1.807, 2.05) is 18.2 Å². The second kappa shape index (κ2) is 7.09. The van der Waals surface area contributed by atoms with Gasteiger partial charge in [0.2, 0.25) is 5.91 Å². The smallest absolute Gasteiger partial charge is 0.240 e. The standard InChI is InChI=1S/C17H16N8O/c26-16(10-25-11-21-13-3-6-19-9-14(13)25)20-7-4-15-22-17(24-23-15)12-2-1-5-18-8-12/h1-3,5-6,8-9,11H,4,7,10H2,(H,20,26)(H,22,23,24). The number of nitrogens with zero attached hydrogens (tertiary/aromatic N) is 6. The average molecular weight is 348 g/mol. The second-order valence-corrected chi connectivity index (χ2v) is 5.68. The highest BCUT2D eigenvalue weighted by Gasteiger charge is 2.09. The van der Waals surface area contributed by atoms with E-state index >= 15 is 0 Å². The zero-order chi connectivity index (χ0) is 17.8. The van der Waals surface area contributed by atoms with Gasteiger partial charge in [0.1, 0.15) is 12.4 Å². The van der Waals surface area contributed by atoms with Gasteiger partial charge in [-0.1, -0.05) is 0 Å². The fraction of sp³-hybridized carbons (Fsp3) is 0.176. The van der Waals surface area contributed by atoms with Gasteiger partial charge in [0.15, 0.2) is 5.82 Å². The van der Waals surface area contributed by atoms with E-state index in [1.54, 1.807) is 35.7 Å². The molecule has 0 unspecified atom stereocenters. The van der Waals surface area contributed by atoms with Crippen molar-refractivity contribution >= 4 is 16.9 Å². The number of H-pyrrole nitrogens is 1. The van der Waals surface area contributed by atoms with Gasteiger partial charge in [0, 0.05) is 37.1 Å². The lowest BCUT2D eigenvalue weighted by Crippen LogP contribution is -2.29. The molecule has 4 rings (SSSR count). The fourth-order valence-corrected chi connectivity index (χ4v) is 2.59. The van der Waals surface area contributed by atoms with Gasteiger partial charge in [-0.25, -0.2) is 9.97 Å². The van der Waals surface area contributed by atoms with E-state index in [0.717, 1.165) is 16.6 Å².